The summed E-state index contributed by atoms with van der Waals surface area (Å²) in [6.07, 6.45) is 13.6. The van der Waals surface area contributed by atoms with Gasteiger partial charge in [-0.2, -0.15) is 0 Å². The van der Waals surface area contributed by atoms with Crippen LogP contribution in [-0.4, -0.2) is 42.7 Å². The summed E-state index contributed by atoms with van der Waals surface area (Å²) in [6, 6.07) is 17.1. The Hall–Kier alpha value is -4.20. The minimum absolute atomic E-state index is 0.149. The van der Waals surface area contributed by atoms with E-state index in [0.717, 1.165) is 29.9 Å². The van der Waals surface area contributed by atoms with Gasteiger partial charge in [0.25, 0.3) is 0 Å². The smallest absolute Gasteiger partial charge is 0.362 e. The van der Waals surface area contributed by atoms with Crippen molar-refractivity contribution in [1.82, 2.24) is 4.98 Å². The van der Waals surface area contributed by atoms with Crippen LogP contribution >= 0.6 is 0 Å². The third-order valence-corrected chi connectivity index (χ3v) is 7.04. The summed E-state index contributed by atoms with van der Waals surface area (Å²) >= 11 is 0. The molecule has 230 valence electrons. The number of aromatic nitrogens is 1. The first-order chi connectivity index (χ1) is 20.9. The molecule has 1 heterocycles. The van der Waals surface area contributed by atoms with Gasteiger partial charge in [0.05, 0.1) is 19.3 Å². The highest BCUT2D eigenvalue weighted by molar-refractivity contribution is 5.92. The second kappa shape index (κ2) is 18.4. The molecule has 3 aromatic rings. The number of hydrogen-bond donors (Lipinski definition) is 0. The lowest BCUT2D eigenvalue weighted by Gasteiger charge is -2.11. The first-order valence-corrected chi connectivity index (χ1v) is 15.2. The minimum atomic E-state index is -1.03. The topological polar surface area (TPSA) is 101 Å². The molecule has 0 bridgehead atoms. The Balaban J connectivity index is 1.39. The van der Waals surface area contributed by atoms with Crippen molar-refractivity contribution in [2.45, 2.75) is 84.2 Å². The van der Waals surface area contributed by atoms with Gasteiger partial charge in [-0.3, -0.25) is 0 Å². The number of pyridine rings is 1. The molecule has 8 heteroatoms. The van der Waals surface area contributed by atoms with Crippen LogP contribution < -0.4 is 9.47 Å². The van der Waals surface area contributed by atoms with Gasteiger partial charge < -0.3 is 18.9 Å². The molecule has 0 unspecified atom stereocenters. The molecule has 0 amide bonds. The molecule has 0 fully saturated rings. The van der Waals surface area contributed by atoms with E-state index in [1.54, 1.807) is 12.3 Å². The highest BCUT2D eigenvalue weighted by atomic mass is 16.6. The standard InChI is InChI=1S/C35H43NO7/c1-4-5-6-7-8-9-10-11-12-13-24-41-30-19-14-27(15-20-30)29-18-23-32(36-25-29)35(39)43-31-21-16-28(17-22-31)34(38)42-26(2)33(37)40-3/h14-23,25-26H,4-13,24H2,1-3H3/t26-/m1/s1. The van der Waals surface area contributed by atoms with Gasteiger partial charge in [0, 0.05) is 11.8 Å². The number of rotatable bonds is 18. The fourth-order valence-electron chi connectivity index (χ4n) is 4.47. The highest BCUT2D eigenvalue weighted by Gasteiger charge is 2.19. The fourth-order valence-corrected chi connectivity index (χ4v) is 4.47. The number of ether oxygens (including phenoxy) is 4. The van der Waals surface area contributed by atoms with Gasteiger partial charge in [0.15, 0.2) is 6.10 Å². The summed E-state index contributed by atoms with van der Waals surface area (Å²) in [5.41, 5.74) is 2.17. The zero-order chi connectivity index (χ0) is 30.9. The quantitative estimate of drug-likeness (QED) is 0.0836. The van der Waals surface area contributed by atoms with Crippen molar-refractivity contribution in [1.29, 1.82) is 0 Å². The Kier molecular flexibility index (Phi) is 14.2. The predicted octanol–water partition coefficient (Wildman–Crippen LogP) is 7.99. The molecule has 0 N–H and O–H groups in total. The van der Waals surface area contributed by atoms with Crippen molar-refractivity contribution >= 4 is 17.9 Å². The van der Waals surface area contributed by atoms with E-state index in [4.69, 9.17) is 14.2 Å². The van der Waals surface area contributed by atoms with Gasteiger partial charge >= 0.3 is 17.9 Å². The number of unbranched alkanes of at least 4 members (excludes halogenated alkanes) is 9. The molecule has 1 aromatic heterocycles. The summed E-state index contributed by atoms with van der Waals surface area (Å²) in [4.78, 5) is 40.5. The first kappa shape index (κ1) is 33.3. The zero-order valence-corrected chi connectivity index (χ0v) is 25.5. The van der Waals surface area contributed by atoms with Crippen molar-refractivity contribution in [3.05, 3.63) is 78.1 Å². The van der Waals surface area contributed by atoms with Crippen LogP contribution in [0.15, 0.2) is 66.9 Å². The van der Waals surface area contributed by atoms with E-state index in [2.05, 4.69) is 16.6 Å². The number of esters is 3. The van der Waals surface area contributed by atoms with Crippen LogP contribution in [0.4, 0.5) is 0 Å². The van der Waals surface area contributed by atoms with E-state index in [1.165, 1.54) is 96.1 Å². The molecule has 0 spiro atoms. The van der Waals surface area contributed by atoms with E-state index < -0.39 is 24.0 Å². The average molecular weight is 590 g/mol. The third kappa shape index (κ3) is 11.5. The van der Waals surface area contributed by atoms with E-state index in [9.17, 15) is 14.4 Å². The monoisotopic (exact) mass is 589 g/mol. The predicted molar refractivity (Wildman–Crippen MR) is 165 cm³/mol. The highest BCUT2D eigenvalue weighted by Crippen LogP contribution is 2.23. The second-order valence-electron chi connectivity index (χ2n) is 10.5. The minimum Gasteiger partial charge on any atom is -0.494 e. The van der Waals surface area contributed by atoms with Crippen molar-refractivity contribution in [2.24, 2.45) is 0 Å². The number of methoxy groups -OCH3 is 1. The summed E-state index contributed by atoms with van der Waals surface area (Å²) in [7, 11) is 1.21. The van der Waals surface area contributed by atoms with Crippen molar-refractivity contribution < 1.29 is 33.3 Å². The molecule has 3 rings (SSSR count). The number of carbonyl (C=O) groups is 3. The van der Waals surface area contributed by atoms with E-state index in [0.29, 0.717) is 0 Å². The number of carbonyl (C=O) groups excluding carboxylic acids is 3. The number of hydrogen-bond acceptors (Lipinski definition) is 8. The summed E-state index contributed by atoms with van der Waals surface area (Å²) < 4.78 is 20.9. The maximum Gasteiger partial charge on any atom is 0.362 e. The Morgan fingerprint density at radius 1 is 0.698 bits per heavy atom. The maximum atomic E-state index is 12.6. The third-order valence-electron chi connectivity index (χ3n) is 7.04. The van der Waals surface area contributed by atoms with Gasteiger partial charge in [-0.1, -0.05) is 82.9 Å². The largest absolute Gasteiger partial charge is 0.494 e. The lowest BCUT2D eigenvalue weighted by atomic mass is 10.1. The Bertz CT molecular complexity index is 1270. The van der Waals surface area contributed by atoms with Crippen LogP contribution in [0.3, 0.4) is 0 Å². The van der Waals surface area contributed by atoms with Gasteiger partial charge in [0.1, 0.15) is 17.2 Å². The molecule has 0 aliphatic heterocycles. The molecule has 0 saturated carbocycles. The molecular weight excluding hydrogens is 546 g/mol. The molecular formula is C35H43NO7. The summed E-state index contributed by atoms with van der Waals surface area (Å²) in [5, 5.41) is 0. The summed E-state index contributed by atoms with van der Waals surface area (Å²) in [6.45, 7) is 4.39. The lowest BCUT2D eigenvalue weighted by molar-refractivity contribution is -0.149. The van der Waals surface area contributed by atoms with E-state index in [1.807, 2.05) is 30.3 Å². The molecule has 0 aliphatic carbocycles. The van der Waals surface area contributed by atoms with Crippen molar-refractivity contribution in [3.8, 4) is 22.6 Å². The molecule has 2 aromatic carbocycles. The van der Waals surface area contributed by atoms with Crippen LogP contribution in [0.2, 0.25) is 0 Å². The second-order valence-corrected chi connectivity index (χ2v) is 10.5. The van der Waals surface area contributed by atoms with Crippen molar-refractivity contribution in [2.75, 3.05) is 13.7 Å². The molecule has 0 radical (unpaired) electrons. The Morgan fingerprint density at radius 2 is 1.28 bits per heavy atom. The Morgan fingerprint density at radius 3 is 1.86 bits per heavy atom. The van der Waals surface area contributed by atoms with Crippen LogP contribution in [0.1, 0.15) is 98.9 Å². The van der Waals surface area contributed by atoms with Gasteiger partial charge in [-0.15, -0.1) is 0 Å². The molecule has 8 nitrogen and oxygen atoms in total. The van der Waals surface area contributed by atoms with Gasteiger partial charge in [-0.05, 0) is 61.4 Å². The molecule has 0 saturated heterocycles. The SMILES string of the molecule is CCCCCCCCCCCCOc1ccc(-c2ccc(C(=O)Oc3ccc(C(=O)O[C@H](C)C(=O)OC)cc3)nc2)cc1. The van der Waals surface area contributed by atoms with E-state index >= 15 is 0 Å². The lowest BCUT2D eigenvalue weighted by Crippen LogP contribution is -2.25. The van der Waals surface area contributed by atoms with Crippen LogP contribution in [0.5, 0.6) is 11.5 Å². The maximum absolute atomic E-state index is 12.6. The van der Waals surface area contributed by atoms with Gasteiger partial charge in [-0.25, -0.2) is 19.4 Å². The molecule has 43 heavy (non-hydrogen) atoms. The first-order valence-electron chi connectivity index (χ1n) is 15.2. The van der Waals surface area contributed by atoms with E-state index in [-0.39, 0.29) is 17.0 Å². The number of nitrogens with zero attached hydrogens (tertiary/aromatic N) is 1. The van der Waals surface area contributed by atoms with Crippen molar-refractivity contribution in [3.63, 3.8) is 0 Å². The summed E-state index contributed by atoms with van der Waals surface area (Å²) in [5.74, 6) is -0.899. The molecule has 1 atom stereocenters. The molecule has 0 aliphatic rings. The fraction of sp³-hybridized carbons (Fsp3) is 0.429. The van der Waals surface area contributed by atoms with Crippen LogP contribution in [0.25, 0.3) is 11.1 Å². The van der Waals surface area contributed by atoms with Gasteiger partial charge in [0.2, 0.25) is 0 Å². The Labute approximate surface area is 254 Å². The normalized spacial score (nSPS) is 11.4. The number of benzene rings is 2. The zero-order valence-electron chi connectivity index (χ0n) is 25.5. The average Bonchev–Trinajstić information content (AvgIpc) is 3.03. The van der Waals surface area contributed by atoms with Crippen LogP contribution in [-0.2, 0) is 14.3 Å². The van der Waals surface area contributed by atoms with Crippen LogP contribution in [0, 0.1) is 0 Å².